The summed E-state index contributed by atoms with van der Waals surface area (Å²) < 4.78 is 10.7. The molecule has 0 aromatic heterocycles. The van der Waals surface area contributed by atoms with E-state index in [1.807, 2.05) is 6.92 Å². The fourth-order valence-corrected chi connectivity index (χ4v) is 2.20. The van der Waals surface area contributed by atoms with Gasteiger partial charge in [-0.05, 0) is 19.1 Å². The lowest BCUT2D eigenvalue weighted by Gasteiger charge is -2.12. The molecule has 1 atom stereocenters. The van der Waals surface area contributed by atoms with E-state index in [1.165, 1.54) is 0 Å². The van der Waals surface area contributed by atoms with Crippen LogP contribution in [0.1, 0.15) is 18.6 Å². The lowest BCUT2D eigenvalue weighted by atomic mass is 9.78. The highest BCUT2D eigenvalue weighted by atomic mass is 35.5. The lowest BCUT2D eigenvalue weighted by molar-refractivity contribution is 0.198. The largest absolute Gasteiger partial charge is 0.495 e. The molecular weight excluding hydrogens is 264 g/mol. The number of halogens is 2. The van der Waals surface area contributed by atoms with E-state index in [4.69, 9.17) is 26.7 Å². The van der Waals surface area contributed by atoms with Crippen LogP contribution >= 0.6 is 24.0 Å². The van der Waals surface area contributed by atoms with Gasteiger partial charge < -0.3 is 20.1 Å². The van der Waals surface area contributed by atoms with Crippen LogP contribution in [0.5, 0.6) is 5.75 Å². The van der Waals surface area contributed by atoms with E-state index in [9.17, 15) is 5.02 Å². The van der Waals surface area contributed by atoms with E-state index >= 15 is 0 Å². The molecule has 7 heteroatoms. The molecule has 0 aliphatic carbocycles. The topological polar surface area (TPSA) is 64.7 Å². The van der Waals surface area contributed by atoms with Crippen LogP contribution in [-0.2, 0) is 4.65 Å². The van der Waals surface area contributed by atoms with Gasteiger partial charge in [0.25, 0.3) is 0 Å². The molecule has 3 N–H and O–H groups in total. The average Bonchev–Trinajstić information content (AvgIpc) is 2.61. The zero-order valence-electron chi connectivity index (χ0n) is 9.35. The number of benzene rings is 1. The maximum atomic E-state index is 9.80. The first-order valence-corrected chi connectivity index (χ1v) is 5.55. The van der Waals surface area contributed by atoms with Gasteiger partial charge in [-0.1, -0.05) is 11.6 Å². The Morgan fingerprint density at radius 3 is 2.88 bits per heavy atom. The summed E-state index contributed by atoms with van der Waals surface area (Å²) in [4.78, 5) is 0. The minimum absolute atomic E-state index is 0. The molecule has 17 heavy (non-hydrogen) atoms. The number of hydrogen-bond acceptors (Lipinski definition) is 4. The van der Waals surface area contributed by atoms with Crippen LogP contribution in [-0.4, -0.2) is 25.3 Å². The summed E-state index contributed by atoms with van der Waals surface area (Å²) in [7, 11) is -1.01. The highest BCUT2D eigenvalue weighted by molar-refractivity contribution is 6.63. The molecule has 0 spiro atoms. The Morgan fingerprint density at radius 1 is 1.59 bits per heavy atom. The standard InChI is InChI=1S/C10H13BClNO3.ClH/c1-2-15-7-4-3-6(12)9-8(5-13)16-11(14)10(7)9;/h3-4,8,14H,2,5,13H2,1H3;1H/t8-;/m1./s1. The number of hydrogen-bond donors (Lipinski definition) is 2. The molecular formula is C10H14BCl2NO3. The first-order valence-electron chi connectivity index (χ1n) is 5.17. The van der Waals surface area contributed by atoms with Gasteiger partial charge in [-0.3, -0.25) is 0 Å². The summed E-state index contributed by atoms with van der Waals surface area (Å²) in [6, 6.07) is 3.46. The van der Waals surface area contributed by atoms with Crippen LogP contribution in [0, 0.1) is 0 Å². The third kappa shape index (κ3) is 2.53. The monoisotopic (exact) mass is 277 g/mol. The first kappa shape index (κ1) is 14.6. The molecule has 0 unspecified atom stereocenters. The van der Waals surface area contributed by atoms with Crippen molar-refractivity contribution in [3.05, 3.63) is 22.7 Å². The van der Waals surface area contributed by atoms with Crippen molar-refractivity contribution >= 4 is 36.6 Å². The summed E-state index contributed by atoms with van der Waals surface area (Å²) in [5, 5.41) is 10.3. The Hall–Kier alpha value is -0.455. The first-order chi connectivity index (χ1) is 7.69. The normalized spacial score (nSPS) is 17.6. The number of ether oxygens (including phenoxy) is 1. The van der Waals surface area contributed by atoms with Crippen LogP contribution in [0.4, 0.5) is 0 Å². The van der Waals surface area contributed by atoms with Crippen LogP contribution in [0.2, 0.25) is 5.02 Å². The van der Waals surface area contributed by atoms with Crippen molar-refractivity contribution in [1.82, 2.24) is 0 Å². The Kier molecular flexibility index (Phi) is 5.10. The van der Waals surface area contributed by atoms with Crippen molar-refractivity contribution in [2.24, 2.45) is 5.73 Å². The summed E-state index contributed by atoms with van der Waals surface area (Å²) >= 11 is 6.08. The zero-order valence-corrected chi connectivity index (χ0v) is 10.9. The van der Waals surface area contributed by atoms with Crippen molar-refractivity contribution in [3.63, 3.8) is 0 Å². The molecule has 2 rings (SSSR count). The van der Waals surface area contributed by atoms with Crippen molar-refractivity contribution < 1.29 is 14.4 Å². The van der Waals surface area contributed by atoms with Crippen molar-refractivity contribution in [2.75, 3.05) is 13.2 Å². The Labute approximate surface area is 112 Å². The van der Waals surface area contributed by atoms with Crippen LogP contribution < -0.4 is 15.9 Å². The van der Waals surface area contributed by atoms with Crippen molar-refractivity contribution in [3.8, 4) is 5.75 Å². The maximum absolute atomic E-state index is 9.80. The zero-order chi connectivity index (χ0) is 11.7. The highest BCUT2D eigenvalue weighted by Gasteiger charge is 2.38. The smallest absolute Gasteiger partial charge is 0.494 e. The van der Waals surface area contributed by atoms with Crippen molar-refractivity contribution in [2.45, 2.75) is 13.0 Å². The molecule has 0 amide bonds. The molecule has 1 aromatic rings. The Morgan fingerprint density at radius 2 is 2.29 bits per heavy atom. The fourth-order valence-electron chi connectivity index (χ4n) is 1.92. The molecule has 1 aliphatic rings. The number of nitrogens with two attached hydrogens (primary N) is 1. The van der Waals surface area contributed by atoms with Crippen molar-refractivity contribution in [1.29, 1.82) is 0 Å². The molecule has 1 aromatic carbocycles. The summed E-state index contributed by atoms with van der Waals surface area (Å²) in [6.45, 7) is 2.68. The Bertz CT molecular complexity index is 405. The van der Waals surface area contributed by atoms with Gasteiger partial charge >= 0.3 is 7.12 Å². The van der Waals surface area contributed by atoms with Crippen LogP contribution in [0.15, 0.2) is 12.1 Å². The van der Waals surface area contributed by atoms with Gasteiger partial charge in [0.05, 0.1) is 12.7 Å². The van der Waals surface area contributed by atoms with Gasteiger partial charge in [0, 0.05) is 22.6 Å². The van der Waals surface area contributed by atoms with E-state index in [2.05, 4.69) is 0 Å². The van der Waals surface area contributed by atoms with Gasteiger partial charge in [-0.2, -0.15) is 0 Å². The third-order valence-electron chi connectivity index (χ3n) is 2.57. The minimum atomic E-state index is -1.01. The molecule has 0 radical (unpaired) electrons. The summed E-state index contributed by atoms with van der Waals surface area (Å²) in [5.74, 6) is 0.602. The number of rotatable bonds is 3. The fraction of sp³-hybridized carbons (Fsp3) is 0.400. The molecule has 4 nitrogen and oxygen atoms in total. The van der Waals surface area contributed by atoms with E-state index in [0.29, 0.717) is 22.8 Å². The maximum Gasteiger partial charge on any atom is 0.495 e. The second-order valence-corrected chi connectivity index (χ2v) is 3.93. The quantitative estimate of drug-likeness (QED) is 0.805. The third-order valence-corrected chi connectivity index (χ3v) is 2.90. The van der Waals surface area contributed by atoms with E-state index < -0.39 is 7.12 Å². The van der Waals surface area contributed by atoms with Crippen LogP contribution in [0.3, 0.4) is 0 Å². The van der Waals surface area contributed by atoms with Gasteiger partial charge in [0.15, 0.2) is 0 Å². The van der Waals surface area contributed by atoms with Gasteiger partial charge in [-0.15, -0.1) is 12.4 Å². The molecule has 0 saturated carbocycles. The van der Waals surface area contributed by atoms with Gasteiger partial charge in [0.1, 0.15) is 5.75 Å². The Balaban J connectivity index is 0.00000144. The van der Waals surface area contributed by atoms with Gasteiger partial charge in [0.2, 0.25) is 0 Å². The molecule has 1 aliphatic heterocycles. The lowest BCUT2D eigenvalue weighted by Crippen LogP contribution is -2.30. The molecule has 0 fully saturated rings. The van der Waals surface area contributed by atoms with E-state index in [1.54, 1.807) is 12.1 Å². The number of fused-ring (bicyclic) bond motifs is 1. The SMILES string of the molecule is CCOc1ccc(Cl)c2c1B(O)O[C@@H]2CN.Cl. The van der Waals surface area contributed by atoms with Gasteiger partial charge in [-0.25, -0.2) is 0 Å². The molecule has 0 bridgehead atoms. The molecule has 0 saturated heterocycles. The average molecular weight is 278 g/mol. The second kappa shape index (κ2) is 5.93. The molecule has 1 heterocycles. The predicted octanol–water partition coefficient (Wildman–Crippen LogP) is 0.878. The van der Waals surface area contributed by atoms with E-state index in [0.717, 1.165) is 5.56 Å². The molecule has 94 valence electrons. The second-order valence-electron chi connectivity index (χ2n) is 3.52. The summed E-state index contributed by atoms with van der Waals surface area (Å²) in [5.41, 5.74) is 6.91. The van der Waals surface area contributed by atoms with E-state index in [-0.39, 0.29) is 25.1 Å². The van der Waals surface area contributed by atoms with Crippen LogP contribution in [0.25, 0.3) is 0 Å². The minimum Gasteiger partial charge on any atom is -0.494 e. The predicted molar refractivity (Wildman–Crippen MR) is 70.4 cm³/mol. The highest BCUT2D eigenvalue weighted by Crippen LogP contribution is 2.32. The summed E-state index contributed by atoms with van der Waals surface area (Å²) in [6.07, 6.45) is -0.363.